The van der Waals surface area contributed by atoms with E-state index in [4.69, 9.17) is 19.4 Å². The fraction of sp³-hybridized carbons (Fsp3) is 0. The lowest BCUT2D eigenvalue weighted by atomic mass is 9.97. The highest BCUT2D eigenvalue weighted by molar-refractivity contribution is 6.18. The molecule has 0 saturated heterocycles. The average molecular weight is 752 g/mol. The third-order valence-corrected chi connectivity index (χ3v) is 11.7. The maximum Gasteiger partial charge on any atom is 0.164 e. The largest absolute Gasteiger partial charge is 0.456 e. The summed E-state index contributed by atoms with van der Waals surface area (Å²) >= 11 is 0. The van der Waals surface area contributed by atoms with Gasteiger partial charge in [-0.3, -0.25) is 0 Å². The molecule has 9 aromatic carbocycles. The van der Waals surface area contributed by atoms with Crippen molar-refractivity contribution in [2.45, 2.75) is 0 Å². The maximum absolute atomic E-state index is 6.21. The monoisotopic (exact) mass is 751 g/mol. The molecule has 0 atom stereocenters. The van der Waals surface area contributed by atoms with E-state index in [1.54, 1.807) is 0 Å². The minimum atomic E-state index is 0.621. The lowest BCUT2D eigenvalue weighted by Gasteiger charge is -2.12. The zero-order valence-corrected chi connectivity index (χ0v) is 31.8. The van der Waals surface area contributed by atoms with Crippen molar-refractivity contribution in [3.8, 4) is 89.8 Å². The standard InChI is InChI=1S/C55H33N3O/c1-2-10-34(11-3-1)35-20-22-36(23-21-35)37-24-28-39(29-25-37)53-56-54(40-30-26-38(27-31-40)41-15-9-19-50-52(41)48-14-6-7-18-49(48)59-50)58-55(57-53)47-33-32-46-43-13-5-4-12-42(43)44-16-8-17-45(47)51(44)46/h1-33H. The Bertz CT molecular complexity index is 3370. The lowest BCUT2D eigenvalue weighted by molar-refractivity contribution is 0.669. The van der Waals surface area contributed by atoms with Gasteiger partial charge in [0.2, 0.25) is 0 Å². The van der Waals surface area contributed by atoms with Crippen LogP contribution in [0.4, 0.5) is 0 Å². The fourth-order valence-corrected chi connectivity index (χ4v) is 8.87. The van der Waals surface area contributed by atoms with Crippen LogP contribution in [0.3, 0.4) is 0 Å². The zero-order valence-electron chi connectivity index (χ0n) is 31.8. The van der Waals surface area contributed by atoms with E-state index in [0.29, 0.717) is 17.5 Å². The van der Waals surface area contributed by atoms with Gasteiger partial charge in [-0.05, 0) is 84.6 Å². The first-order valence-corrected chi connectivity index (χ1v) is 19.9. The van der Waals surface area contributed by atoms with E-state index in [1.165, 1.54) is 38.8 Å². The summed E-state index contributed by atoms with van der Waals surface area (Å²) in [5.74, 6) is 1.89. The quantitative estimate of drug-likeness (QED) is 0.170. The van der Waals surface area contributed by atoms with Gasteiger partial charge in [0.25, 0.3) is 0 Å². The van der Waals surface area contributed by atoms with E-state index >= 15 is 0 Å². The molecule has 0 aliphatic heterocycles. The van der Waals surface area contributed by atoms with Gasteiger partial charge in [-0.1, -0.05) is 182 Å². The number of aromatic nitrogens is 3. The first-order chi connectivity index (χ1) is 29.2. The molecule has 11 aromatic rings. The van der Waals surface area contributed by atoms with E-state index in [1.807, 2.05) is 24.3 Å². The molecule has 59 heavy (non-hydrogen) atoms. The number of nitrogens with zero attached hydrogens (tertiary/aromatic N) is 3. The Morgan fingerprint density at radius 2 is 0.678 bits per heavy atom. The van der Waals surface area contributed by atoms with Crippen molar-refractivity contribution >= 4 is 32.7 Å². The van der Waals surface area contributed by atoms with E-state index in [2.05, 4.69) is 176 Å². The minimum absolute atomic E-state index is 0.621. The summed E-state index contributed by atoms with van der Waals surface area (Å²) in [7, 11) is 0. The molecular weight excluding hydrogens is 719 g/mol. The summed E-state index contributed by atoms with van der Waals surface area (Å²) in [6.07, 6.45) is 0. The van der Waals surface area contributed by atoms with Crippen molar-refractivity contribution < 1.29 is 4.42 Å². The van der Waals surface area contributed by atoms with E-state index in [-0.39, 0.29) is 0 Å². The number of rotatable bonds is 6. The molecule has 2 heterocycles. The van der Waals surface area contributed by atoms with Crippen molar-refractivity contribution in [2.75, 3.05) is 0 Å². The highest BCUT2D eigenvalue weighted by Gasteiger charge is 2.24. The van der Waals surface area contributed by atoms with Crippen LogP contribution in [0.1, 0.15) is 0 Å². The Kier molecular flexibility index (Phi) is 7.50. The van der Waals surface area contributed by atoms with Gasteiger partial charge in [0.05, 0.1) is 0 Å². The molecule has 274 valence electrons. The molecule has 0 bridgehead atoms. The van der Waals surface area contributed by atoms with Crippen LogP contribution in [0, 0.1) is 0 Å². The molecule has 12 rings (SSSR count). The summed E-state index contributed by atoms with van der Waals surface area (Å²) in [6.45, 7) is 0. The maximum atomic E-state index is 6.21. The van der Waals surface area contributed by atoms with Gasteiger partial charge in [0.1, 0.15) is 11.2 Å². The molecule has 0 saturated carbocycles. The smallest absolute Gasteiger partial charge is 0.164 e. The minimum Gasteiger partial charge on any atom is -0.456 e. The van der Waals surface area contributed by atoms with Crippen LogP contribution in [0.15, 0.2) is 205 Å². The van der Waals surface area contributed by atoms with Crippen LogP contribution in [0.2, 0.25) is 0 Å². The highest BCUT2D eigenvalue weighted by atomic mass is 16.3. The second kappa shape index (κ2) is 13.3. The Balaban J connectivity index is 0.969. The number of hydrogen-bond donors (Lipinski definition) is 0. The SMILES string of the molecule is c1ccc(-c2ccc(-c3ccc(-c4nc(-c5ccc(-c6cccc7oc8ccccc8c67)cc5)nc(-c5ccc6c7c(cccc57)-c5ccccc5-6)n4)cc3)cc2)cc1. The third kappa shape index (κ3) is 5.49. The number of para-hydroxylation sites is 1. The Hall–Kier alpha value is -7.95. The molecule has 4 nitrogen and oxygen atoms in total. The van der Waals surface area contributed by atoms with Crippen LogP contribution in [0.25, 0.3) is 123 Å². The zero-order chi connectivity index (χ0) is 38.9. The summed E-state index contributed by atoms with van der Waals surface area (Å²) in [5.41, 5.74) is 16.5. The van der Waals surface area contributed by atoms with Crippen molar-refractivity contribution in [1.82, 2.24) is 15.0 Å². The van der Waals surface area contributed by atoms with E-state index in [0.717, 1.165) is 66.3 Å². The van der Waals surface area contributed by atoms with E-state index < -0.39 is 0 Å². The lowest BCUT2D eigenvalue weighted by Crippen LogP contribution is -2.00. The van der Waals surface area contributed by atoms with Crippen molar-refractivity contribution in [3.05, 3.63) is 200 Å². The van der Waals surface area contributed by atoms with Gasteiger partial charge in [-0.2, -0.15) is 0 Å². The van der Waals surface area contributed by atoms with Crippen LogP contribution < -0.4 is 0 Å². The molecule has 1 aliphatic rings. The summed E-state index contributed by atoms with van der Waals surface area (Å²) < 4.78 is 6.21. The van der Waals surface area contributed by atoms with Crippen LogP contribution in [-0.2, 0) is 0 Å². The van der Waals surface area contributed by atoms with Gasteiger partial charge in [0.15, 0.2) is 17.5 Å². The summed E-state index contributed by atoms with van der Waals surface area (Å²) in [5, 5.41) is 4.59. The Morgan fingerprint density at radius 1 is 0.237 bits per heavy atom. The number of fused-ring (bicyclic) bond motifs is 6. The third-order valence-electron chi connectivity index (χ3n) is 11.7. The Labute approximate surface area is 340 Å². The molecule has 0 amide bonds. The molecule has 2 aromatic heterocycles. The Morgan fingerprint density at radius 3 is 1.36 bits per heavy atom. The summed E-state index contributed by atoms with van der Waals surface area (Å²) in [6, 6.07) is 70.4. The first kappa shape index (κ1) is 33.2. The van der Waals surface area contributed by atoms with Crippen LogP contribution in [-0.4, -0.2) is 15.0 Å². The predicted molar refractivity (Wildman–Crippen MR) is 242 cm³/mol. The van der Waals surface area contributed by atoms with Crippen LogP contribution in [0.5, 0.6) is 0 Å². The summed E-state index contributed by atoms with van der Waals surface area (Å²) in [4.78, 5) is 15.6. The van der Waals surface area contributed by atoms with Gasteiger partial charge in [-0.25, -0.2) is 15.0 Å². The number of benzene rings is 9. The molecule has 4 heteroatoms. The highest BCUT2D eigenvalue weighted by Crippen LogP contribution is 2.49. The average Bonchev–Trinajstić information content (AvgIpc) is 3.86. The molecular formula is C55H33N3O. The molecule has 0 N–H and O–H groups in total. The molecule has 0 radical (unpaired) electrons. The second-order valence-electron chi connectivity index (χ2n) is 15.1. The van der Waals surface area contributed by atoms with Gasteiger partial charge in [-0.15, -0.1) is 0 Å². The molecule has 0 spiro atoms. The normalized spacial score (nSPS) is 11.7. The van der Waals surface area contributed by atoms with Crippen LogP contribution >= 0.6 is 0 Å². The second-order valence-corrected chi connectivity index (χ2v) is 15.1. The van der Waals surface area contributed by atoms with Crippen molar-refractivity contribution in [2.24, 2.45) is 0 Å². The van der Waals surface area contributed by atoms with Crippen molar-refractivity contribution in [1.29, 1.82) is 0 Å². The van der Waals surface area contributed by atoms with E-state index in [9.17, 15) is 0 Å². The molecule has 1 aliphatic carbocycles. The van der Waals surface area contributed by atoms with Crippen molar-refractivity contribution in [3.63, 3.8) is 0 Å². The topological polar surface area (TPSA) is 51.8 Å². The van der Waals surface area contributed by atoms with Gasteiger partial charge >= 0.3 is 0 Å². The first-order valence-electron chi connectivity index (χ1n) is 19.9. The van der Waals surface area contributed by atoms with Gasteiger partial charge in [0, 0.05) is 27.5 Å². The molecule has 0 unspecified atom stereocenters. The molecule has 0 fully saturated rings. The number of hydrogen-bond acceptors (Lipinski definition) is 4. The number of furan rings is 1. The predicted octanol–water partition coefficient (Wildman–Crippen LogP) is 14.6. The van der Waals surface area contributed by atoms with Gasteiger partial charge < -0.3 is 4.42 Å². The fourth-order valence-electron chi connectivity index (χ4n) is 8.87.